The van der Waals surface area contributed by atoms with E-state index in [1.54, 1.807) is 25.1 Å². The number of rotatable bonds is 5. The summed E-state index contributed by atoms with van der Waals surface area (Å²) in [5.74, 6) is 0.472. The van der Waals surface area contributed by atoms with Gasteiger partial charge in [-0.05, 0) is 30.3 Å². The summed E-state index contributed by atoms with van der Waals surface area (Å²) in [6.45, 7) is 1.79. The van der Waals surface area contributed by atoms with Crippen LogP contribution >= 0.6 is 11.8 Å². The van der Waals surface area contributed by atoms with Crippen LogP contribution in [0.3, 0.4) is 0 Å². The van der Waals surface area contributed by atoms with Crippen LogP contribution in [-0.4, -0.2) is 29.2 Å². The van der Waals surface area contributed by atoms with Crippen molar-refractivity contribution in [3.63, 3.8) is 0 Å². The largest absolute Gasteiger partial charge is 0.469 e. The van der Waals surface area contributed by atoms with E-state index in [4.69, 9.17) is 8.83 Å². The monoisotopic (exact) mass is 372 g/mol. The quantitative estimate of drug-likeness (QED) is 0.663. The van der Waals surface area contributed by atoms with Crippen LogP contribution in [-0.2, 0) is 4.79 Å². The summed E-state index contributed by atoms with van der Waals surface area (Å²) in [6.07, 6.45) is 1.53. The van der Waals surface area contributed by atoms with Crippen molar-refractivity contribution < 1.29 is 18.4 Å². The Morgan fingerprint density at radius 1 is 1.15 bits per heavy atom. The predicted molar refractivity (Wildman–Crippen MR) is 94.4 cm³/mol. The van der Waals surface area contributed by atoms with Crippen molar-refractivity contribution in [1.29, 1.82) is 0 Å². The topological polar surface area (TPSA) is 110 Å². The van der Waals surface area contributed by atoms with Crippen LogP contribution in [0.2, 0.25) is 0 Å². The van der Waals surface area contributed by atoms with Gasteiger partial charge in [-0.25, -0.2) is 4.79 Å². The highest BCUT2D eigenvalue weighted by atomic mass is 32.2. The molecule has 0 saturated heterocycles. The minimum atomic E-state index is -0.729. The highest BCUT2D eigenvalue weighted by Gasteiger charge is 2.26. The second-order valence-electron chi connectivity index (χ2n) is 5.24. The molecule has 0 saturated carbocycles. The van der Waals surface area contributed by atoms with E-state index in [0.29, 0.717) is 22.8 Å². The number of carbonyl (C=O) groups excluding carboxylic acids is 2. The Balaban J connectivity index is 1.84. The van der Waals surface area contributed by atoms with Gasteiger partial charge in [0.15, 0.2) is 0 Å². The number of urea groups is 1. The van der Waals surface area contributed by atoms with E-state index >= 15 is 0 Å². The number of nitrogens with one attached hydrogen (secondary N) is 2. The van der Waals surface area contributed by atoms with Crippen molar-refractivity contribution in [2.75, 3.05) is 7.05 Å². The zero-order valence-electron chi connectivity index (χ0n) is 14.1. The molecule has 0 unspecified atom stereocenters. The SMILES string of the molecule is CNC(=O)NC(=O)[C@H](Sc1nnc(-c2ccoc2C)o1)c1ccccc1. The van der Waals surface area contributed by atoms with Gasteiger partial charge in [0.05, 0.1) is 11.8 Å². The summed E-state index contributed by atoms with van der Waals surface area (Å²) < 4.78 is 10.9. The van der Waals surface area contributed by atoms with E-state index < -0.39 is 17.2 Å². The Morgan fingerprint density at radius 2 is 1.92 bits per heavy atom. The summed E-state index contributed by atoms with van der Waals surface area (Å²) in [5, 5.41) is 12.1. The number of aromatic nitrogens is 2. The third-order valence-corrected chi connectivity index (χ3v) is 4.61. The molecule has 0 aliphatic carbocycles. The molecule has 1 aromatic carbocycles. The highest BCUT2D eigenvalue weighted by molar-refractivity contribution is 8.00. The zero-order valence-corrected chi connectivity index (χ0v) is 14.9. The number of furan rings is 1. The fourth-order valence-corrected chi connectivity index (χ4v) is 3.09. The molecule has 0 aliphatic rings. The van der Waals surface area contributed by atoms with Gasteiger partial charge in [0.25, 0.3) is 11.1 Å². The molecule has 3 amide bonds. The number of aryl methyl sites for hydroxylation is 1. The first-order chi connectivity index (χ1) is 12.6. The molecule has 26 heavy (non-hydrogen) atoms. The minimum absolute atomic E-state index is 0.210. The molecule has 134 valence electrons. The predicted octanol–water partition coefficient (Wildman–Crippen LogP) is 2.93. The molecule has 0 aliphatic heterocycles. The number of thioether (sulfide) groups is 1. The molecule has 2 aromatic heterocycles. The normalized spacial score (nSPS) is 11.8. The lowest BCUT2D eigenvalue weighted by atomic mass is 10.1. The van der Waals surface area contributed by atoms with Gasteiger partial charge in [0.1, 0.15) is 11.0 Å². The average molecular weight is 372 g/mol. The van der Waals surface area contributed by atoms with Crippen molar-refractivity contribution in [3.05, 3.63) is 54.0 Å². The van der Waals surface area contributed by atoms with E-state index in [0.717, 1.165) is 11.8 Å². The Labute approximate surface area is 153 Å². The first kappa shape index (κ1) is 17.7. The molecule has 0 bridgehead atoms. The van der Waals surface area contributed by atoms with Crippen LogP contribution < -0.4 is 10.6 Å². The lowest BCUT2D eigenvalue weighted by Gasteiger charge is -2.14. The van der Waals surface area contributed by atoms with Crippen LogP contribution in [0.5, 0.6) is 0 Å². The van der Waals surface area contributed by atoms with Gasteiger partial charge in [0.2, 0.25) is 5.91 Å². The van der Waals surface area contributed by atoms with Crippen LogP contribution in [0.4, 0.5) is 4.79 Å². The molecule has 9 heteroatoms. The summed E-state index contributed by atoms with van der Waals surface area (Å²) in [6, 6.07) is 10.2. The van der Waals surface area contributed by atoms with Crippen LogP contribution in [0.1, 0.15) is 16.6 Å². The van der Waals surface area contributed by atoms with Gasteiger partial charge in [-0.3, -0.25) is 10.1 Å². The summed E-state index contributed by atoms with van der Waals surface area (Å²) >= 11 is 1.06. The molecule has 2 heterocycles. The molecule has 3 rings (SSSR count). The van der Waals surface area contributed by atoms with Crippen molar-refractivity contribution in [3.8, 4) is 11.5 Å². The summed E-state index contributed by atoms with van der Waals surface area (Å²) in [4.78, 5) is 24.0. The van der Waals surface area contributed by atoms with Gasteiger partial charge < -0.3 is 14.2 Å². The van der Waals surface area contributed by atoms with E-state index in [2.05, 4.69) is 20.8 Å². The maximum atomic E-state index is 12.5. The van der Waals surface area contributed by atoms with Gasteiger partial charge >= 0.3 is 6.03 Å². The standard InChI is InChI=1S/C17H16N4O4S/c1-10-12(8-9-24-10)15-20-21-17(25-15)26-13(11-6-4-3-5-7-11)14(22)19-16(23)18-2/h3-9,13H,1-2H3,(H2,18,19,22,23)/t13-/m1/s1. The Kier molecular flexibility index (Phi) is 5.37. The van der Waals surface area contributed by atoms with E-state index in [9.17, 15) is 9.59 Å². The van der Waals surface area contributed by atoms with E-state index in [1.807, 2.05) is 18.2 Å². The van der Waals surface area contributed by atoms with Gasteiger partial charge in [-0.2, -0.15) is 0 Å². The molecule has 2 N–H and O–H groups in total. The number of hydrogen-bond donors (Lipinski definition) is 2. The van der Waals surface area contributed by atoms with Gasteiger partial charge in [0, 0.05) is 7.05 Å². The molecular formula is C17H16N4O4S. The highest BCUT2D eigenvalue weighted by Crippen LogP contribution is 2.36. The number of carbonyl (C=O) groups is 2. The number of imide groups is 1. The van der Waals surface area contributed by atoms with Crippen molar-refractivity contribution in [1.82, 2.24) is 20.8 Å². The van der Waals surface area contributed by atoms with Crippen LogP contribution in [0, 0.1) is 6.92 Å². The van der Waals surface area contributed by atoms with Crippen molar-refractivity contribution in [2.24, 2.45) is 0 Å². The average Bonchev–Trinajstić information content (AvgIpc) is 3.28. The molecule has 0 spiro atoms. The molecule has 0 radical (unpaired) electrons. The Morgan fingerprint density at radius 3 is 2.58 bits per heavy atom. The Hall–Kier alpha value is -3.07. The number of hydrogen-bond acceptors (Lipinski definition) is 7. The van der Waals surface area contributed by atoms with Gasteiger partial charge in [-0.1, -0.05) is 30.3 Å². The van der Waals surface area contributed by atoms with Crippen molar-refractivity contribution >= 4 is 23.7 Å². The third kappa shape index (κ3) is 3.94. The number of amides is 3. The number of benzene rings is 1. The smallest absolute Gasteiger partial charge is 0.321 e. The lowest BCUT2D eigenvalue weighted by molar-refractivity contribution is -0.119. The fraction of sp³-hybridized carbons (Fsp3) is 0.176. The summed E-state index contributed by atoms with van der Waals surface area (Å²) in [7, 11) is 1.44. The molecular weight excluding hydrogens is 356 g/mol. The fourth-order valence-electron chi connectivity index (χ4n) is 2.21. The first-order valence-electron chi connectivity index (χ1n) is 7.70. The second-order valence-corrected chi connectivity index (χ2v) is 6.30. The molecule has 3 aromatic rings. The lowest BCUT2D eigenvalue weighted by Crippen LogP contribution is -2.39. The maximum Gasteiger partial charge on any atom is 0.321 e. The van der Waals surface area contributed by atoms with E-state index in [-0.39, 0.29) is 5.22 Å². The van der Waals surface area contributed by atoms with Crippen LogP contribution in [0.15, 0.2) is 56.7 Å². The minimum Gasteiger partial charge on any atom is -0.469 e. The van der Waals surface area contributed by atoms with Gasteiger partial charge in [-0.15, -0.1) is 10.2 Å². The second kappa shape index (κ2) is 7.87. The third-order valence-electron chi connectivity index (χ3n) is 3.52. The molecule has 8 nitrogen and oxygen atoms in total. The first-order valence-corrected chi connectivity index (χ1v) is 8.58. The maximum absolute atomic E-state index is 12.5. The molecule has 0 fully saturated rings. The summed E-state index contributed by atoms with van der Waals surface area (Å²) in [5.41, 5.74) is 1.40. The van der Waals surface area contributed by atoms with Crippen LogP contribution in [0.25, 0.3) is 11.5 Å². The molecule has 1 atom stereocenters. The Bertz CT molecular complexity index is 906. The number of nitrogens with zero attached hydrogens (tertiary/aromatic N) is 2. The van der Waals surface area contributed by atoms with Crippen molar-refractivity contribution in [2.45, 2.75) is 17.4 Å². The zero-order chi connectivity index (χ0) is 18.5. The van der Waals surface area contributed by atoms with E-state index in [1.165, 1.54) is 13.3 Å².